The third-order valence-electron chi connectivity index (χ3n) is 5.28. The number of rotatable bonds is 7. The molecule has 35 heavy (non-hydrogen) atoms. The highest BCUT2D eigenvalue weighted by molar-refractivity contribution is 7.21. The van der Waals surface area contributed by atoms with E-state index in [0.717, 1.165) is 22.6 Å². The van der Waals surface area contributed by atoms with Gasteiger partial charge in [-0.15, -0.1) is 11.3 Å². The van der Waals surface area contributed by atoms with E-state index in [2.05, 4.69) is 20.8 Å². The first-order valence-electron chi connectivity index (χ1n) is 10.7. The molecule has 0 atom stereocenters. The number of methoxy groups -OCH3 is 2. The molecular formula is C26H24N4O4S. The monoisotopic (exact) mass is 488 g/mol. The highest BCUT2D eigenvalue weighted by atomic mass is 32.1. The van der Waals surface area contributed by atoms with Crippen molar-refractivity contribution in [1.29, 1.82) is 0 Å². The Hall–Kier alpha value is -4.24. The first-order chi connectivity index (χ1) is 16.9. The van der Waals surface area contributed by atoms with Crippen LogP contribution in [0.25, 0.3) is 10.2 Å². The van der Waals surface area contributed by atoms with E-state index >= 15 is 0 Å². The number of aromatic nitrogens is 1. The molecule has 9 heteroatoms. The lowest BCUT2D eigenvalue weighted by molar-refractivity contribution is 0.0960. The highest BCUT2D eigenvalue weighted by Crippen LogP contribution is 2.38. The van der Waals surface area contributed by atoms with Crippen molar-refractivity contribution >= 4 is 45.3 Å². The summed E-state index contributed by atoms with van der Waals surface area (Å²) in [6.45, 7) is 3.81. The Bertz CT molecular complexity index is 1430. The van der Waals surface area contributed by atoms with Crippen LogP contribution in [0, 0.1) is 13.8 Å². The zero-order valence-corrected chi connectivity index (χ0v) is 20.5. The molecule has 2 N–H and O–H groups in total. The van der Waals surface area contributed by atoms with E-state index in [1.807, 2.05) is 32.0 Å². The van der Waals surface area contributed by atoms with Crippen molar-refractivity contribution in [3.8, 4) is 11.5 Å². The van der Waals surface area contributed by atoms with Crippen LogP contribution < -0.4 is 20.2 Å². The van der Waals surface area contributed by atoms with Crippen LogP contribution in [-0.4, -0.2) is 37.2 Å². The van der Waals surface area contributed by atoms with E-state index in [1.54, 1.807) is 43.5 Å². The predicted molar refractivity (Wildman–Crippen MR) is 138 cm³/mol. The Morgan fingerprint density at radius 2 is 1.74 bits per heavy atom. The van der Waals surface area contributed by atoms with E-state index in [1.165, 1.54) is 24.7 Å². The SMILES string of the molecule is COc1ccc(C=NNC(=O)c2sc3nc(C)cc(C)c3c2NC(=O)c2ccccc2OC)cc1. The number of ether oxygens (including phenoxy) is 2. The van der Waals surface area contributed by atoms with Crippen LogP contribution in [0.5, 0.6) is 11.5 Å². The topological polar surface area (TPSA) is 102 Å². The lowest BCUT2D eigenvalue weighted by Gasteiger charge is -2.11. The number of hydrazone groups is 1. The number of aryl methyl sites for hydroxylation is 2. The molecule has 4 rings (SSSR count). The van der Waals surface area contributed by atoms with Crippen LogP contribution in [0.3, 0.4) is 0 Å². The number of thiophene rings is 1. The minimum absolute atomic E-state index is 0.302. The largest absolute Gasteiger partial charge is 0.497 e. The maximum Gasteiger partial charge on any atom is 0.283 e. The summed E-state index contributed by atoms with van der Waals surface area (Å²) in [7, 11) is 3.10. The number of anilines is 1. The van der Waals surface area contributed by atoms with Gasteiger partial charge in [0.05, 0.1) is 31.7 Å². The van der Waals surface area contributed by atoms with Crippen LogP contribution in [-0.2, 0) is 0 Å². The number of pyridine rings is 1. The molecule has 2 aromatic carbocycles. The van der Waals surface area contributed by atoms with Gasteiger partial charge in [-0.25, -0.2) is 10.4 Å². The Labute approximate surface area is 206 Å². The summed E-state index contributed by atoms with van der Waals surface area (Å²) in [6, 6.07) is 16.1. The van der Waals surface area contributed by atoms with Crippen molar-refractivity contribution in [1.82, 2.24) is 10.4 Å². The molecule has 0 radical (unpaired) electrons. The number of hydrogen-bond acceptors (Lipinski definition) is 7. The molecule has 0 spiro atoms. The summed E-state index contributed by atoms with van der Waals surface area (Å²) >= 11 is 1.20. The molecule has 8 nitrogen and oxygen atoms in total. The summed E-state index contributed by atoms with van der Waals surface area (Å²) in [5.74, 6) is 0.318. The van der Waals surface area contributed by atoms with Crippen LogP contribution in [0.2, 0.25) is 0 Å². The molecule has 0 aliphatic carbocycles. The van der Waals surface area contributed by atoms with Gasteiger partial charge in [-0.3, -0.25) is 9.59 Å². The minimum atomic E-state index is -0.454. The third kappa shape index (κ3) is 5.15. The quantitative estimate of drug-likeness (QED) is 0.283. The molecule has 178 valence electrons. The summed E-state index contributed by atoms with van der Waals surface area (Å²) < 4.78 is 10.5. The third-order valence-corrected chi connectivity index (χ3v) is 6.36. The van der Waals surface area contributed by atoms with Gasteiger partial charge in [-0.1, -0.05) is 12.1 Å². The standard InChI is InChI=1S/C26H24N4O4S/c1-15-13-16(2)28-26-21(15)22(29-24(31)19-7-5-6-8-20(19)34-4)23(35-26)25(32)30-27-14-17-9-11-18(33-3)12-10-17/h5-14H,1-4H3,(H,29,31)(H,30,32). The van der Waals surface area contributed by atoms with E-state index < -0.39 is 11.8 Å². The van der Waals surface area contributed by atoms with Crippen molar-refractivity contribution < 1.29 is 19.1 Å². The number of hydrogen-bond donors (Lipinski definition) is 2. The summed E-state index contributed by atoms with van der Waals surface area (Å²) in [5.41, 5.74) is 5.82. The van der Waals surface area contributed by atoms with Gasteiger partial charge in [0.2, 0.25) is 0 Å². The van der Waals surface area contributed by atoms with Crippen LogP contribution >= 0.6 is 11.3 Å². The molecule has 0 fully saturated rings. The molecule has 2 heterocycles. The molecular weight excluding hydrogens is 464 g/mol. The van der Waals surface area contributed by atoms with Crippen molar-refractivity contribution in [2.45, 2.75) is 13.8 Å². The Balaban J connectivity index is 1.66. The zero-order valence-electron chi connectivity index (χ0n) is 19.7. The van der Waals surface area contributed by atoms with Crippen molar-refractivity contribution in [2.75, 3.05) is 19.5 Å². The van der Waals surface area contributed by atoms with E-state index in [4.69, 9.17) is 9.47 Å². The average Bonchev–Trinajstić information content (AvgIpc) is 3.22. The first-order valence-corrected chi connectivity index (χ1v) is 11.6. The molecule has 4 aromatic rings. The smallest absolute Gasteiger partial charge is 0.283 e. The fourth-order valence-corrected chi connectivity index (χ4v) is 4.78. The van der Waals surface area contributed by atoms with Gasteiger partial charge in [-0.2, -0.15) is 5.10 Å². The second kappa shape index (κ2) is 10.4. The number of amides is 2. The van der Waals surface area contributed by atoms with E-state index in [9.17, 15) is 9.59 Å². The van der Waals surface area contributed by atoms with Gasteiger partial charge in [0.15, 0.2) is 0 Å². The number of fused-ring (bicyclic) bond motifs is 1. The van der Waals surface area contributed by atoms with Gasteiger partial charge in [-0.05, 0) is 67.4 Å². The fourth-order valence-electron chi connectivity index (χ4n) is 3.64. The van der Waals surface area contributed by atoms with Gasteiger partial charge >= 0.3 is 0 Å². The lowest BCUT2D eigenvalue weighted by atomic mass is 10.1. The summed E-state index contributed by atoms with van der Waals surface area (Å²) in [4.78, 5) is 31.8. The normalized spacial score (nSPS) is 11.0. The van der Waals surface area contributed by atoms with Crippen LogP contribution in [0.15, 0.2) is 59.7 Å². The van der Waals surface area contributed by atoms with E-state index in [-0.39, 0.29) is 0 Å². The maximum absolute atomic E-state index is 13.2. The Kier molecular flexibility index (Phi) is 7.07. The second-order valence-electron chi connectivity index (χ2n) is 7.69. The molecule has 0 saturated carbocycles. The van der Waals surface area contributed by atoms with Gasteiger partial charge in [0, 0.05) is 11.1 Å². The first kappa shape index (κ1) is 23.9. The fraction of sp³-hybridized carbons (Fsp3) is 0.154. The lowest BCUT2D eigenvalue weighted by Crippen LogP contribution is -2.20. The van der Waals surface area contributed by atoms with Crippen molar-refractivity contribution in [3.05, 3.63) is 81.9 Å². The molecule has 0 aliphatic heterocycles. The van der Waals surface area contributed by atoms with Crippen LogP contribution in [0.4, 0.5) is 5.69 Å². The second-order valence-corrected chi connectivity index (χ2v) is 8.69. The number of benzene rings is 2. The number of carbonyl (C=O) groups excluding carboxylic acids is 2. The van der Waals surface area contributed by atoms with Crippen LogP contribution in [0.1, 0.15) is 36.9 Å². The number of para-hydroxylation sites is 1. The molecule has 2 aromatic heterocycles. The molecule has 0 bridgehead atoms. The average molecular weight is 489 g/mol. The Morgan fingerprint density at radius 1 is 1.00 bits per heavy atom. The van der Waals surface area contributed by atoms with Gasteiger partial charge in [0.25, 0.3) is 11.8 Å². The maximum atomic E-state index is 13.2. The zero-order chi connectivity index (χ0) is 24.9. The number of nitrogens with one attached hydrogen (secondary N) is 2. The highest BCUT2D eigenvalue weighted by Gasteiger charge is 2.24. The molecule has 0 aliphatic rings. The number of carbonyl (C=O) groups is 2. The molecule has 2 amide bonds. The van der Waals surface area contributed by atoms with Crippen molar-refractivity contribution in [3.63, 3.8) is 0 Å². The van der Waals surface area contributed by atoms with Gasteiger partial charge < -0.3 is 14.8 Å². The molecule has 0 unspecified atom stereocenters. The predicted octanol–water partition coefficient (Wildman–Crippen LogP) is 4.95. The summed E-state index contributed by atoms with van der Waals surface area (Å²) in [6.07, 6.45) is 1.53. The number of nitrogens with zero attached hydrogens (tertiary/aromatic N) is 2. The van der Waals surface area contributed by atoms with Crippen molar-refractivity contribution in [2.24, 2.45) is 5.10 Å². The van der Waals surface area contributed by atoms with Gasteiger partial charge in [0.1, 0.15) is 21.2 Å². The summed E-state index contributed by atoms with van der Waals surface area (Å²) in [5, 5.41) is 7.70. The Morgan fingerprint density at radius 3 is 2.46 bits per heavy atom. The van der Waals surface area contributed by atoms with E-state index in [0.29, 0.717) is 32.1 Å². The minimum Gasteiger partial charge on any atom is -0.497 e. The molecule has 0 saturated heterocycles.